The summed E-state index contributed by atoms with van der Waals surface area (Å²) in [7, 11) is 2.24. The quantitative estimate of drug-likeness (QED) is 0.821. The molecule has 0 saturated heterocycles. The van der Waals surface area contributed by atoms with Crippen LogP contribution in [0.25, 0.3) is 0 Å². The van der Waals surface area contributed by atoms with Crippen molar-refractivity contribution in [3.63, 3.8) is 0 Å². The third-order valence-electron chi connectivity index (χ3n) is 4.48. The van der Waals surface area contributed by atoms with Gasteiger partial charge in [-0.25, -0.2) is 0 Å². The Labute approximate surface area is 129 Å². The minimum absolute atomic E-state index is 0.356. The van der Waals surface area contributed by atoms with E-state index >= 15 is 0 Å². The third-order valence-corrected chi connectivity index (χ3v) is 4.48. The monoisotopic (exact) mass is 291 g/mol. The molecule has 3 nitrogen and oxygen atoms in total. The first-order chi connectivity index (χ1) is 10.2. The predicted octanol–water partition coefficient (Wildman–Crippen LogP) is 4.45. The molecule has 2 aliphatic rings. The van der Waals surface area contributed by atoms with Gasteiger partial charge in [0, 0.05) is 12.6 Å². The fraction of sp³-hybridized carbons (Fsp3) is 0.667. The number of fused-ring (bicyclic) bond motifs is 1. The summed E-state index contributed by atoms with van der Waals surface area (Å²) in [5, 5.41) is 0. The summed E-state index contributed by atoms with van der Waals surface area (Å²) in [6, 6.07) is 7.02. The number of rotatable bonds is 3. The van der Waals surface area contributed by atoms with Crippen LogP contribution in [0.1, 0.15) is 52.0 Å². The van der Waals surface area contributed by atoms with Crippen LogP contribution in [0.3, 0.4) is 0 Å². The van der Waals surface area contributed by atoms with E-state index in [1.54, 1.807) is 0 Å². The summed E-state index contributed by atoms with van der Waals surface area (Å²) in [6.45, 7) is 7.72. The second-order valence-electron chi connectivity index (χ2n) is 6.02. The largest absolute Gasteiger partial charge is 0.454 e. The summed E-state index contributed by atoms with van der Waals surface area (Å²) < 4.78 is 10.8. The van der Waals surface area contributed by atoms with Gasteiger partial charge in [0.2, 0.25) is 6.79 Å². The number of hydrogen-bond acceptors (Lipinski definition) is 3. The van der Waals surface area contributed by atoms with Crippen molar-refractivity contribution in [2.24, 2.45) is 5.92 Å². The van der Waals surface area contributed by atoms with Gasteiger partial charge in [-0.05, 0) is 56.3 Å². The number of nitrogens with zero attached hydrogens (tertiary/aromatic N) is 1. The molecular weight excluding hydrogens is 262 g/mol. The highest BCUT2D eigenvalue weighted by atomic mass is 16.7. The third kappa shape index (κ3) is 4.13. The summed E-state index contributed by atoms with van der Waals surface area (Å²) in [6.07, 6.45) is 5.41. The zero-order valence-corrected chi connectivity index (χ0v) is 13.9. The van der Waals surface area contributed by atoms with Crippen molar-refractivity contribution < 1.29 is 9.47 Å². The molecule has 0 unspecified atom stereocenters. The lowest BCUT2D eigenvalue weighted by atomic mass is 9.86. The van der Waals surface area contributed by atoms with Gasteiger partial charge in [-0.1, -0.05) is 26.8 Å². The second-order valence-corrected chi connectivity index (χ2v) is 6.02. The lowest BCUT2D eigenvalue weighted by Crippen LogP contribution is -2.34. The topological polar surface area (TPSA) is 21.7 Å². The maximum Gasteiger partial charge on any atom is 0.231 e. The van der Waals surface area contributed by atoms with Crippen LogP contribution >= 0.6 is 0 Å². The maximum absolute atomic E-state index is 5.44. The van der Waals surface area contributed by atoms with Crippen LogP contribution in [0.2, 0.25) is 0 Å². The number of ether oxygens (including phenoxy) is 2. The summed E-state index contributed by atoms with van der Waals surface area (Å²) >= 11 is 0. The maximum atomic E-state index is 5.44. The number of benzene rings is 1. The Bertz CT molecular complexity index is 439. The lowest BCUT2D eigenvalue weighted by Gasteiger charge is -2.33. The van der Waals surface area contributed by atoms with E-state index in [4.69, 9.17) is 9.47 Å². The molecule has 0 radical (unpaired) electrons. The van der Waals surface area contributed by atoms with Crippen molar-refractivity contribution in [3.8, 4) is 11.5 Å². The van der Waals surface area contributed by atoms with E-state index in [2.05, 4.69) is 31.0 Å². The van der Waals surface area contributed by atoms with Crippen molar-refractivity contribution in [3.05, 3.63) is 23.8 Å². The van der Waals surface area contributed by atoms with Gasteiger partial charge in [-0.2, -0.15) is 0 Å². The van der Waals surface area contributed by atoms with E-state index in [9.17, 15) is 0 Å². The van der Waals surface area contributed by atoms with Gasteiger partial charge in [0.15, 0.2) is 11.5 Å². The first kappa shape index (κ1) is 16.2. The summed E-state index contributed by atoms with van der Waals surface area (Å²) in [5.41, 5.74) is 1.31. The van der Waals surface area contributed by atoms with E-state index < -0.39 is 0 Å². The van der Waals surface area contributed by atoms with Crippen LogP contribution in [-0.2, 0) is 6.54 Å². The molecule has 0 N–H and O–H groups in total. The van der Waals surface area contributed by atoms with Gasteiger partial charge in [0.05, 0.1) is 0 Å². The minimum Gasteiger partial charge on any atom is -0.454 e. The molecule has 1 aliphatic carbocycles. The molecule has 1 aromatic carbocycles. The average molecular weight is 291 g/mol. The molecule has 1 saturated carbocycles. The fourth-order valence-electron chi connectivity index (χ4n) is 3.14. The highest BCUT2D eigenvalue weighted by Gasteiger charge is 2.22. The van der Waals surface area contributed by atoms with E-state index in [-0.39, 0.29) is 0 Å². The Hall–Kier alpha value is -1.22. The Kier molecular flexibility index (Phi) is 5.92. The Morgan fingerprint density at radius 3 is 2.43 bits per heavy atom. The van der Waals surface area contributed by atoms with Gasteiger partial charge in [-0.15, -0.1) is 0 Å². The van der Waals surface area contributed by atoms with E-state index in [0.717, 1.165) is 30.0 Å². The predicted molar refractivity (Wildman–Crippen MR) is 86.8 cm³/mol. The average Bonchev–Trinajstić information content (AvgIpc) is 2.97. The van der Waals surface area contributed by atoms with Gasteiger partial charge in [0.25, 0.3) is 0 Å². The van der Waals surface area contributed by atoms with Crippen LogP contribution in [0.15, 0.2) is 18.2 Å². The molecule has 1 heterocycles. The van der Waals surface area contributed by atoms with Crippen molar-refractivity contribution in [1.82, 2.24) is 4.90 Å². The molecule has 0 aromatic heterocycles. The van der Waals surface area contributed by atoms with Crippen LogP contribution in [0.4, 0.5) is 0 Å². The molecule has 0 amide bonds. The molecule has 3 rings (SSSR count). The summed E-state index contributed by atoms with van der Waals surface area (Å²) in [4.78, 5) is 2.49. The molecule has 1 aliphatic heterocycles. The molecule has 3 heteroatoms. The van der Waals surface area contributed by atoms with Crippen molar-refractivity contribution in [2.45, 2.75) is 59.0 Å². The van der Waals surface area contributed by atoms with E-state index in [1.807, 2.05) is 19.9 Å². The smallest absolute Gasteiger partial charge is 0.231 e. The molecule has 0 spiro atoms. The van der Waals surface area contributed by atoms with E-state index in [1.165, 1.54) is 31.2 Å². The van der Waals surface area contributed by atoms with Gasteiger partial charge < -0.3 is 9.47 Å². The zero-order valence-electron chi connectivity index (χ0n) is 13.9. The zero-order chi connectivity index (χ0) is 15.2. The lowest BCUT2D eigenvalue weighted by molar-refractivity contribution is 0.163. The standard InChI is InChI=1S/C16H23NO2.C2H6/c1-12-3-6-14(7-4-12)17(2)10-13-5-8-15-16(9-13)19-11-18-15;1-2/h5,8-9,12,14H,3-4,6-7,10-11H2,1-2H3;1-2H3. The molecule has 1 fully saturated rings. The normalized spacial score (nSPS) is 23.7. The van der Waals surface area contributed by atoms with Crippen molar-refractivity contribution >= 4 is 0 Å². The number of hydrogen-bond donors (Lipinski definition) is 0. The van der Waals surface area contributed by atoms with Gasteiger partial charge in [-0.3, -0.25) is 4.90 Å². The molecule has 118 valence electrons. The first-order valence-electron chi connectivity index (χ1n) is 8.31. The Morgan fingerprint density at radius 1 is 1.05 bits per heavy atom. The highest BCUT2D eigenvalue weighted by Crippen LogP contribution is 2.33. The molecule has 0 atom stereocenters. The summed E-state index contributed by atoms with van der Waals surface area (Å²) in [5.74, 6) is 2.68. The Morgan fingerprint density at radius 2 is 1.71 bits per heavy atom. The molecular formula is C18H29NO2. The van der Waals surface area contributed by atoms with Gasteiger partial charge >= 0.3 is 0 Å². The van der Waals surface area contributed by atoms with Crippen molar-refractivity contribution in [1.29, 1.82) is 0 Å². The fourth-order valence-corrected chi connectivity index (χ4v) is 3.14. The van der Waals surface area contributed by atoms with Crippen LogP contribution in [-0.4, -0.2) is 24.8 Å². The van der Waals surface area contributed by atoms with Gasteiger partial charge in [0.1, 0.15) is 0 Å². The molecule has 21 heavy (non-hydrogen) atoms. The second kappa shape index (κ2) is 7.69. The molecule has 0 bridgehead atoms. The van der Waals surface area contributed by atoms with Crippen molar-refractivity contribution in [2.75, 3.05) is 13.8 Å². The molecule has 1 aromatic rings. The van der Waals surface area contributed by atoms with Crippen LogP contribution < -0.4 is 9.47 Å². The minimum atomic E-state index is 0.356. The Balaban J connectivity index is 0.000000774. The van der Waals surface area contributed by atoms with E-state index in [0.29, 0.717) is 6.79 Å². The SMILES string of the molecule is CC.CC1CCC(N(C)Cc2ccc3c(c2)OCO3)CC1. The first-order valence-corrected chi connectivity index (χ1v) is 8.31. The highest BCUT2D eigenvalue weighted by molar-refractivity contribution is 5.44. The van der Waals surface area contributed by atoms with Crippen LogP contribution in [0, 0.1) is 5.92 Å². The van der Waals surface area contributed by atoms with Crippen LogP contribution in [0.5, 0.6) is 11.5 Å².